The van der Waals surface area contributed by atoms with Crippen LogP contribution in [0.3, 0.4) is 0 Å². The zero-order chi connectivity index (χ0) is 20.5. The molecule has 3 rings (SSSR count). The van der Waals surface area contributed by atoms with Crippen molar-refractivity contribution >= 4 is 45.5 Å². The van der Waals surface area contributed by atoms with Gasteiger partial charge >= 0.3 is 11.8 Å². The van der Waals surface area contributed by atoms with Gasteiger partial charge in [-0.05, 0) is 43.4 Å². The Morgan fingerprint density at radius 3 is 2.36 bits per heavy atom. The van der Waals surface area contributed by atoms with Gasteiger partial charge in [-0.3, -0.25) is 4.79 Å². The van der Waals surface area contributed by atoms with E-state index in [1.807, 2.05) is 0 Å². The molecule has 28 heavy (non-hydrogen) atoms. The van der Waals surface area contributed by atoms with Crippen molar-refractivity contribution in [2.75, 3.05) is 10.6 Å². The van der Waals surface area contributed by atoms with Gasteiger partial charge in [0.25, 0.3) is 0 Å². The van der Waals surface area contributed by atoms with E-state index in [-0.39, 0.29) is 21.9 Å². The van der Waals surface area contributed by atoms with Crippen LogP contribution in [0.25, 0.3) is 11.0 Å². The van der Waals surface area contributed by atoms with Gasteiger partial charge in [-0.15, -0.1) is 0 Å². The van der Waals surface area contributed by atoms with Crippen molar-refractivity contribution in [2.45, 2.75) is 13.1 Å². The molecular formula is C19H13F3N2O3S. The molecule has 0 aliphatic heterocycles. The molecule has 0 fully saturated rings. The molecule has 144 valence electrons. The molecule has 0 unspecified atom stereocenters. The molecule has 0 aliphatic rings. The third-order valence-corrected chi connectivity index (χ3v) is 4.04. The smallest absolute Gasteiger partial charge is 0.417 e. The second kappa shape index (κ2) is 7.43. The summed E-state index contributed by atoms with van der Waals surface area (Å²) in [5.41, 5.74) is -0.982. The molecule has 3 aromatic rings. The van der Waals surface area contributed by atoms with Crippen LogP contribution in [0, 0.1) is 0 Å². The number of anilines is 2. The number of ketones is 1. The van der Waals surface area contributed by atoms with Crippen LogP contribution >= 0.6 is 12.2 Å². The molecule has 2 aromatic carbocycles. The first-order valence-corrected chi connectivity index (χ1v) is 8.38. The number of carbonyl (C=O) groups excluding carboxylic acids is 1. The van der Waals surface area contributed by atoms with E-state index < -0.39 is 17.4 Å². The lowest BCUT2D eigenvalue weighted by atomic mass is 10.1. The van der Waals surface area contributed by atoms with Gasteiger partial charge in [-0.25, -0.2) is 4.79 Å². The maximum atomic E-state index is 13.1. The molecule has 0 spiro atoms. The van der Waals surface area contributed by atoms with Crippen molar-refractivity contribution in [3.63, 3.8) is 0 Å². The van der Waals surface area contributed by atoms with Crippen LogP contribution in [0.15, 0.2) is 57.7 Å². The summed E-state index contributed by atoms with van der Waals surface area (Å²) in [6.07, 6.45) is -4.68. The summed E-state index contributed by atoms with van der Waals surface area (Å²) in [5, 5.41) is 5.59. The van der Waals surface area contributed by atoms with Crippen LogP contribution in [0.5, 0.6) is 0 Å². The fourth-order valence-corrected chi connectivity index (χ4v) is 2.82. The lowest BCUT2D eigenvalue weighted by molar-refractivity contribution is -0.136. The first kappa shape index (κ1) is 19.6. The number of benzene rings is 2. The lowest BCUT2D eigenvalue weighted by Gasteiger charge is -2.13. The minimum Gasteiger partial charge on any atom is -0.423 e. The van der Waals surface area contributed by atoms with E-state index >= 15 is 0 Å². The Balaban J connectivity index is 1.85. The van der Waals surface area contributed by atoms with Gasteiger partial charge in [-0.2, -0.15) is 13.2 Å². The van der Waals surface area contributed by atoms with E-state index in [9.17, 15) is 22.8 Å². The average molecular weight is 406 g/mol. The molecule has 9 heteroatoms. The number of Topliss-reactive ketones (excluding diaryl/α,β-unsaturated/α-hetero) is 1. The Labute approximate surface area is 162 Å². The standard InChI is InChI=1S/C19H13F3N2O3S/c1-10(25)11-3-2-4-12(7-11)23-18(28)24-13-5-6-14-15(19(20,21)22)9-17(26)27-16(14)8-13/h2-9H,1H3,(H2,23,24,28). The van der Waals surface area contributed by atoms with E-state index in [0.29, 0.717) is 23.0 Å². The molecule has 1 aromatic heterocycles. The highest BCUT2D eigenvalue weighted by Gasteiger charge is 2.33. The number of alkyl halides is 3. The molecule has 0 bridgehead atoms. The Hall–Kier alpha value is -3.20. The number of nitrogens with one attached hydrogen (secondary N) is 2. The summed E-state index contributed by atoms with van der Waals surface area (Å²) in [6, 6.07) is 10.9. The third kappa shape index (κ3) is 4.37. The molecule has 1 heterocycles. The quantitative estimate of drug-likeness (QED) is 0.369. The molecule has 0 saturated carbocycles. The van der Waals surface area contributed by atoms with Crippen molar-refractivity contribution in [3.8, 4) is 0 Å². The van der Waals surface area contributed by atoms with Crippen molar-refractivity contribution < 1.29 is 22.4 Å². The summed E-state index contributed by atoms with van der Waals surface area (Å²) in [6.45, 7) is 1.44. The Kier molecular flexibility index (Phi) is 5.19. The number of fused-ring (bicyclic) bond motifs is 1. The van der Waals surface area contributed by atoms with Gasteiger partial charge in [0, 0.05) is 34.5 Å². The van der Waals surface area contributed by atoms with Gasteiger partial charge < -0.3 is 15.1 Å². The van der Waals surface area contributed by atoms with Gasteiger partial charge in [0.2, 0.25) is 0 Å². The van der Waals surface area contributed by atoms with Gasteiger partial charge in [0.1, 0.15) is 5.58 Å². The topological polar surface area (TPSA) is 71.3 Å². The molecule has 2 N–H and O–H groups in total. The van der Waals surface area contributed by atoms with E-state index in [1.165, 1.54) is 25.1 Å². The van der Waals surface area contributed by atoms with Crippen molar-refractivity contribution in [1.82, 2.24) is 0 Å². The predicted molar refractivity (Wildman–Crippen MR) is 104 cm³/mol. The summed E-state index contributed by atoms with van der Waals surface area (Å²) in [5.74, 6) is -0.104. The normalized spacial score (nSPS) is 11.3. The van der Waals surface area contributed by atoms with Crippen LogP contribution in [0.2, 0.25) is 0 Å². The summed E-state index contributed by atoms with van der Waals surface area (Å²) < 4.78 is 44.2. The predicted octanol–water partition coefficient (Wildman–Crippen LogP) is 4.82. The number of carbonyl (C=O) groups is 1. The maximum absolute atomic E-state index is 13.1. The number of thiocarbonyl (C=S) groups is 1. The largest absolute Gasteiger partial charge is 0.423 e. The van der Waals surface area contributed by atoms with E-state index in [0.717, 1.165) is 0 Å². The fourth-order valence-electron chi connectivity index (χ4n) is 2.58. The third-order valence-electron chi connectivity index (χ3n) is 3.83. The van der Waals surface area contributed by atoms with Crippen molar-refractivity contribution in [1.29, 1.82) is 0 Å². The second-order valence-corrected chi connectivity index (χ2v) is 6.31. The molecule has 0 radical (unpaired) electrons. The zero-order valence-electron chi connectivity index (χ0n) is 14.4. The molecule has 0 amide bonds. The Morgan fingerprint density at radius 1 is 1.04 bits per heavy atom. The van der Waals surface area contributed by atoms with Crippen LogP contribution in [0.1, 0.15) is 22.8 Å². The van der Waals surface area contributed by atoms with E-state index in [2.05, 4.69) is 10.6 Å². The minimum atomic E-state index is -4.68. The van der Waals surface area contributed by atoms with Gasteiger partial charge in [0.05, 0.1) is 5.56 Å². The van der Waals surface area contributed by atoms with Crippen LogP contribution in [-0.4, -0.2) is 10.9 Å². The minimum absolute atomic E-state index is 0.104. The lowest BCUT2D eigenvalue weighted by Crippen LogP contribution is -2.19. The Bertz CT molecular complexity index is 1140. The van der Waals surface area contributed by atoms with Crippen molar-refractivity contribution in [3.05, 3.63) is 70.1 Å². The summed E-state index contributed by atoms with van der Waals surface area (Å²) in [4.78, 5) is 22.9. The monoisotopic (exact) mass is 406 g/mol. The number of hydrogen-bond donors (Lipinski definition) is 2. The van der Waals surface area contributed by atoms with Crippen LogP contribution in [-0.2, 0) is 6.18 Å². The first-order chi connectivity index (χ1) is 13.1. The molecule has 0 atom stereocenters. The molecular weight excluding hydrogens is 393 g/mol. The molecule has 0 saturated heterocycles. The van der Waals surface area contributed by atoms with Gasteiger partial charge in [0.15, 0.2) is 10.9 Å². The fraction of sp³-hybridized carbons (Fsp3) is 0.105. The second-order valence-electron chi connectivity index (χ2n) is 5.90. The highest BCUT2D eigenvalue weighted by Crippen LogP contribution is 2.34. The average Bonchev–Trinajstić information content (AvgIpc) is 2.60. The number of hydrogen-bond acceptors (Lipinski definition) is 4. The highest BCUT2D eigenvalue weighted by atomic mass is 32.1. The molecule has 5 nitrogen and oxygen atoms in total. The van der Waals surface area contributed by atoms with Crippen LogP contribution in [0.4, 0.5) is 24.5 Å². The van der Waals surface area contributed by atoms with E-state index in [4.69, 9.17) is 16.6 Å². The number of rotatable bonds is 3. The maximum Gasteiger partial charge on any atom is 0.417 e. The zero-order valence-corrected chi connectivity index (χ0v) is 15.2. The van der Waals surface area contributed by atoms with E-state index in [1.54, 1.807) is 24.3 Å². The summed E-state index contributed by atoms with van der Waals surface area (Å²) in [7, 11) is 0. The van der Waals surface area contributed by atoms with Crippen LogP contribution < -0.4 is 16.3 Å². The molecule has 0 aliphatic carbocycles. The number of halogens is 3. The van der Waals surface area contributed by atoms with Gasteiger partial charge in [-0.1, -0.05) is 12.1 Å². The Morgan fingerprint density at radius 2 is 1.71 bits per heavy atom. The summed E-state index contributed by atoms with van der Waals surface area (Å²) >= 11 is 5.18. The highest BCUT2D eigenvalue weighted by molar-refractivity contribution is 7.80. The van der Waals surface area contributed by atoms with Crippen molar-refractivity contribution in [2.24, 2.45) is 0 Å². The SMILES string of the molecule is CC(=O)c1cccc(NC(=S)Nc2ccc3c(C(F)(F)F)cc(=O)oc3c2)c1. The first-order valence-electron chi connectivity index (χ1n) is 7.97.